The van der Waals surface area contributed by atoms with Crippen molar-refractivity contribution < 1.29 is 22.7 Å². The summed E-state index contributed by atoms with van der Waals surface area (Å²) < 4.78 is 30.7. The minimum absolute atomic E-state index is 0.0815. The van der Waals surface area contributed by atoms with Gasteiger partial charge in [0, 0.05) is 11.3 Å². The molecule has 2 aromatic rings. The molecular weight excluding hydrogens is 424 g/mol. The van der Waals surface area contributed by atoms with Gasteiger partial charge in [-0.1, -0.05) is 13.0 Å². The number of anilines is 2. The Morgan fingerprint density at radius 2 is 2.00 bits per heavy atom. The number of rotatable bonds is 7. The van der Waals surface area contributed by atoms with Gasteiger partial charge in [-0.15, -0.1) is 11.8 Å². The molecule has 1 heterocycles. The van der Waals surface area contributed by atoms with Crippen LogP contribution < -0.4 is 15.4 Å². The maximum Gasteiger partial charge on any atom is 0.237 e. The van der Waals surface area contributed by atoms with Crippen molar-refractivity contribution in [3.8, 4) is 5.75 Å². The van der Waals surface area contributed by atoms with E-state index in [0.717, 1.165) is 10.5 Å². The first-order chi connectivity index (χ1) is 14.2. The number of ether oxygens (including phenoxy) is 1. The van der Waals surface area contributed by atoms with Gasteiger partial charge in [0.1, 0.15) is 5.75 Å². The zero-order valence-corrected chi connectivity index (χ0v) is 18.7. The number of amides is 2. The molecule has 3 rings (SSSR count). The Hall–Kier alpha value is -2.52. The molecule has 1 aliphatic heterocycles. The van der Waals surface area contributed by atoms with Gasteiger partial charge >= 0.3 is 0 Å². The highest BCUT2D eigenvalue weighted by Crippen LogP contribution is 2.38. The molecule has 2 amide bonds. The van der Waals surface area contributed by atoms with Crippen molar-refractivity contribution in [1.82, 2.24) is 0 Å². The second-order valence-electron chi connectivity index (χ2n) is 6.98. The van der Waals surface area contributed by atoms with Crippen molar-refractivity contribution in [1.29, 1.82) is 0 Å². The van der Waals surface area contributed by atoms with E-state index in [1.54, 1.807) is 18.2 Å². The highest BCUT2D eigenvalue weighted by atomic mass is 32.2. The van der Waals surface area contributed by atoms with Crippen molar-refractivity contribution in [2.45, 2.75) is 41.7 Å². The molecule has 0 radical (unpaired) electrons. The van der Waals surface area contributed by atoms with E-state index in [2.05, 4.69) is 10.6 Å². The summed E-state index contributed by atoms with van der Waals surface area (Å²) in [6, 6.07) is 10.0. The molecule has 30 heavy (non-hydrogen) atoms. The molecule has 0 saturated heterocycles. The van der Waals surface area contributed by atoms with Gasteiger partial charge in [0.2, 0.25) is 11.8 Å². The van der Waals surface area contributed by atoms with Crippen molar-refractivity contribution in [2.75, 3.05) is 23.5 Å². The average molecular weight is 449 g/mol. The number of carbonyl (C=O) groups excluding carboxylic acids is 2. The molecule has 1 aliphatic rings. The lowest BCUT2D eigenvalue weighted by Gasteiger charge is -2.23. The first-order valence-electron chi connectivity index (χ1n) is 9.52. The van der Waals surface area contributed by atoms with Gasteiger partial charge in [-0.25, -0.2) is 8.42 Å². The summed E-state index contributed by atoms with van der Waals surface area (Å²) in [5.74, 6) is -0.388. The molecule has 0 aliphatic carbocycles. The van der Waals surface area contributed by atoms with Crippen LogP contribution in [0.4, 0.5) is 11.4 Å². The van der Waals surface area contributed by atoms with E-state index >= 15 is 0 Å². The molecule has 160 valence electrons. The smallest absolute Gasteiger partial charge is 0.237 e. The molecule has 2 aromatic carbocycles. The normalized spacial score (nSPS) is 15.8. The van der Waals surface area contributed by atoms with E-state index in [1.807, 2.05) is 19.9 Å². The molecule has 0 aromatic heterocycles. The zero-order chi connectivity index (χ0) is 21.9. The molecule has 0 saturated carbocycles. The molecule has 2 N–H and O–H groups in total. The zero-order valence-electron chi connectivity index (χ0n) is 17.0. The predicted octanol–water partition coefficient (Wildman–Crippen LogP) is 3.63. The molecule has 9 heteroatoms. The topological polar surface area (TPSA) is 102 Å². The Bertz CT molecular complexity index is 1080. The molecule has 0 spiro atoms. The summed E-state index contributed by atoms with van der Waals surface area (Å²) in [6.07, 6.45) is 0.492. The van der Waals surface area contributed by atoms with E-state index in [1.165, 1.54) is 31.0 Å². The number of fused-ring (bicyclic) bond motifs is 1. The highest BCUT2D eigenvalue weighted by molar-refractivity contribution is 8.01. The predicted molar refractivity (Wildman–Crippen MR) is 118 cm³/mol. The number of aryl methyl sites for hydroxylation is 1. The quantitative estimate of drug-likeness (QED) is 0.671. The summed E-state index contributed by atoms with van der Waals surface area (Å²) in [5.41, 5.74) is 1.93. The number of methoxy groups -OCH3 is 1. The third-order valence-corrected chi connectivity index (χ3v) is 7.88. The molecule has 7 nitrogen and oxygen atoms in total. The van der Waals surface area contributed by atoms with E-state index in [-0.39, 0.29) is 28.2 Å². The first kappa shape index (κ1) is 22.2. The standard InChI is InChI=1S/C21H24N2O5S2/c1-4-18-21(25)23-16-12-14(6-8-19(16)29-18)30(26,27)10-9-20(24)22-15-11-13(2)5-7-17(15)28-3/h5-8,11-12,18H,4,9-10H2,1-3H3,(H,22,24)(H,23,25)/t18-/m0/s1. The number of hydrogen-bond donors (Lipinski definition) is 2. The third-order valence-electron chi connectivity index (χ3n) is 4.73. The summed E-state index contributed by atoms with van der Waals surface area (Å²) in [4.78, 5) is 25.3. The van der Waals surface area contributed by atoms with Crippen LogP contribution in [0.5, 0.6) is 5.75 Å². The summed E-state index contributed by atoms with van der Waals surface area (Å²) in [5, 5.41) is 5.30. The maximum absolute atomic E-state index is 12.7. The van der Waals surface area contributed by atoms with Crippen LogP contribution in [0.3, 0.4) is 0 Å². The fourth-order valence-corrected chi connectivity index (χ4v) is 5.35. The second kappa shape index (κ2) is 9.09. The van der Waals surface area contributed by atoms with Crippen molar-refractivity contribution >= 4 is 44.8 Å². The number of thioether (sulfide) groups is 1. The molecule has 1 atom stereocenters. The van der Waals surface area contributed by atoms with Crippen molar-refractivity contribution in [2.24, 2.45) is 0 Å². The Morgan fingerprint density at radius 3 is 2.70 bits per heavy atom. The van der Waals surface area contributed by atoms with Crippen molar-refractivity contribution in [3.63, 3.8) is 0 Å². The highest BCUT2D eigenvalue weighted by Gasteiger charge is 2.27. The van der Waals surface area contributed by atoms with Crippen LogP contribution in [0, 0.1) is 6.92 Å². The number of hydrogen-bond acceptors (Lipinski definition) is 6. The van der Waals surface area contributed by atoms with Gasteiger partial charge in [-0.3, -0.25) is 9.59 Å². The van der Waals surface area contributed by atoms with Crippen LogP contribution in [0.15, 0.2) is 46.2 Å². The minimum atomic E-state index is -3.69. The molecule has 0 unspecified atom stereocenters. The van der Waals surface area contributed by atoms with Crippen LogP contribution in [0.25, 0.3) is 0 Å². The first-order valence-corrected chi connectivity index (χ1v) is 12.1. The molecular formula is C21H24N2O5S2. The van der Waals surface area contributed by atoms with Gasteiger partial charge in [-0.05, 0) is 49.2 Å². The lowest BCUT2D eigenvalue weighted by molar-refractivity contribution is -0.116. The van der Waals surface area contributed by atoms with Crippen molar-refractivity contribution in [3.05, 3.63) is 42.0 Å². The molecule has 0 bridgehead atoms. The Balaban J connectivity index is 1.69. The van der Waals surface area contributed by atoms with Crippen LogP contribution in [-0.4, -0.2) is 38.3 Å². The van der Waals surface area contributed by atoms with Crippen LogP contribution in [0.1, 0.15) is 25.3 Å². The van der Waals surface area contributed by atoms with Gasteiger partial charge in [-0.2, -0.15) is 0 Å². The Morgan fingerprint density at radius 1 is 1.23 bits per heavy atom. The van der Waals surface area contributed by atoms with Gasteiger partial charge in [0.15, 0.2) is 9.84 Å². The van der Waals surface area contributed by atoms with E-state index < -0.39 is 15.7 Å². The maximum atomic E-state index is 12.7. The summed E-state index contributed by atoms with van der Waals surface area (Å²) in [7, 11) is -2.19. The lowest BCUT2D eigenvalue weighted by atomic mass is 10.2. The van der Waals surface area contributed by atoms with Crippen LogP contribution in [-0.2, 0) is 19.4 Å². The van der Waals surface area contributed by atoms with Gasteiger partial charge in [0.05, 0.1) is 34.4 Å². The Kier molecular flexibility index (Phi) is 6.72. The summed E-state index contributed by atoms with van der Waals surface area (Å²) >= 11 is 1.43. The lowest BCUT2D eigenvalue weighted by Crippen LogP contribution is -2.28. The number of benzene rings is 2. The minimum Gasteiger partial charge on any atom is -0.495 e. The largest absolute Gasteiger partial charge is 0.495 e. The van der Waals surface area contributed by atoms with Gasteiger partial charge in [0.25, 0.3) is 0 Å². The van der Waals surface area contributed by atoms with E-state index in [0.29, 0.717) is 23.5 Å². The number of carbonyl (C=O) groups is 2. The third kappa shape index (κ3) is 4.96. The van der Waals surface area contributed by atoms with Crippen LogP contribution in [0.2, 0.25) is 0 Å². The Labute approximate surface area is 180 Å². The monoisotopic (exact) mass is 448 g/mol. The number of nitrogens with one attached hydrogen (secondary N) is 2. The number of sulfone groups is 1. The SMILES string of the molecule is CC[C@@H]1Sc2ccc(S(=O)(=O)CCC(=O)Nc3cc(C)ccc3OC)cc2NC1=O. The van der Waals surface area contributed by atoms with Gasteiger partial charge < -0.3 is 15.4 Å². The fraction of sp³-hybridized carbons (Fsp3) is 0.333. The average Bonchev–Trinajstić information content (AvgIpc) is 2.71. The van der Waals surface area contributed by atoms with Crippen LogP contribution >= 0.6 is 11.8 Å². The summed E-state index contributed by atoms with van der Waals surface area (Å²) in [6.45, 7) is 3.81. The molecule has 0 fully saturated rings. The van der Waals surface area contributed by atoms with E-state index in [4.69, 9.17) is 4.74 Å². The second-order valence-corrected chi connectivity index (χ2v) is 10.3. The fourth-order valence-electron chi connectivity index (χ4n) is 3.07. The van der Waals surface area contributed by atoms with E-state index in [9.17, 15) is 18.0 Å².